The second-order valence-electron chi connectivity index (χ2n) is 6.16. The molecule has 1 atom stereocenters. The normalized spacial score (nSPS) is 16.4. The average molecular weight is 426 g/mol. The maximum absolute atomic E-state index is 13.8. The van der Waals surface area contributed by atoms with E-state index >= 15 is 0 Å². The smallest absolute Gasteiger partial charge is 0.355 e. The van der Waals surface area contributed by atoms with Crippen LogP contribution in [0.25, 0.3) is 0 Å². The summed E-state index contributed by atoms with van der Waals surface area (Å²) in [5.41, 5.74) is 0.675. The Hall–Kier alpha value is -2.33. The molecule has 1 saturated heterocycles. The van der Waals surface area contributed by atoms with E-state index in [0.29, 0.717) is 35.3 Å². The van der Waals surface area contributed by atoms with E-state index in [1.54, 1.807) is 12.1 Å². The number of nitrogens with one attached hydrogen (secondary N) is 1. The lowest BCUT2D eigenvalue weighted by Crippen LogP contribution is -2.39. The van der Waals surface area contributed by atoms with Crippen molar-refractivity contribution in [2.45, 2.75) is 23.2 Å². The molecule has 1 fully saturated rings. The first-order valence-electron chi connectivity index (χ1n) is 8.66. The first-order chi connectivity index (χ1) is 13.5. The Kier molecular flexibility index (Phi) is 6.74. The number of hydrogen-bond acceptors (Lipinski definition) is 7. The lowest BCUT2D eigenvalue weighted by Gasteiger charge is -2.25. The van der Waals surface area contributed by atoms with Gasteiger partial charge in [-0.2, -0.15) is 0 Å². The number of nitrogens with zero attached hydrogens (tertiary/aromatic N) is 2. The number of amides is 1. The predicted molar refractivity (Wildman–Crippen MR) is 106 cm³/mol. The molecular formula is C18H20FN3O4S2. The molecule has 0 saturated carbocycles. The first kappa shape index (κ1) is 20.4. The van der Waals surface area contributed by atoms with Gasteiger partial charge in [0.15, 0.2) is 21.6 Å². The fraction of sp³-hybridized carbons (Fsp3) is 0.389. The lowest BCUT2D eigenvalue weighted by molar-refractivity contribution is -0.128. The molecule has 0 aliphatic carbocycles. The van der Waals surface area contributed by atoms with E-state index in [0.717, 1.165) is 6.42 Å². The lowest BCUT2D eigenvalue weighted by atomic mass is 10.2. The molecule has 0 spiro atoms. The summed E-state index contributed by atoms with van der Waals surface area (Å²) in [6.45, 7) is 1.08. The number of halogens is 1. The van der Waals surface area contributed by atoms with Crippen molar-refractivity contribution in [3.05, 3.63) is 35.1 Å². The van der Waals surface area contributed by atoms with E-state index < -0.39 is 11.8 Å². The Morgan fingerprint density at radius 1 is 1.54 bits per heavy atom. The first-order valence-corrected chi connectivity index (χ1v) is 10.5. The van der Waals surface area contributed by atoms with Crippen LogP contribution in [-0.4, -0.2) is 58.9 Å². The largest absolute Gasteiger partial charge is 0.494 e. The van der Waals surface area contributed by atoms with Crippen LogP contribution in [-0.2, 0) is 4.79 Å². The molecule has 2 N–H and O–H groups in total. The zero-order valence-corrected chi connectivity index (χ0v) is 16.8. The standard InChI is InChI=1S/C18H20FN3O4S2/c1-26-15-4-2-11(8-13(15)19)20-9-12-3-5-16(23)22(12)6-7-27-18-21-14(10-28-18)17(24)25/h2,4,8,10,12,20H,3,5-7,9H2,1H3,(H,24,25). The third-order valence-electron chi connectivity index (χ3n) is 4.41. The topological polar surface area (TPSA) is 91.8 Å². The molecule has 28 heavy (non-hydrogen) atoms. The van der Waals surface area contributed by atoms with Crippen molar-refractivity contribution in [2.75, 3.05) is 31.3 Å². The van der Waals surface area contributed by atoms with Crippen molar-refractivity contribution in [3.8, 4) is 5.75 Å². The van der Waals surface area contributed by atoms with Crippen molar-refractivity contribution in [2.24, 2.45) is 0 Å². The van der Waals surface area contributed by atoms with Crippen LogP contribution >= 0.6 is 23.1 Å². The molecule has 0 bridgehead atoms. The summed E-state index contributed by atoms with van der Waals surface area (Å²) < 4.78 is 19.4. The summed E-state index contributed by atoms with van der Waals surface area (Å²) in [5.74, 6) is -0.565. The van der Waals surface area contributed by atoms with E-state index in [9.17, 15) is 14.0 Å². The second kappa shape index (κ2) is 9.24. The summed E-state index contributed by atoms with van der Waals surface area (Å²) in [7, 11) is 1.42. The number of hydrogen-bond donors (Lipinski definition) is 2. The number of anilines is 1. The number of ether oxygens (including phenoxy) is 1. The van der Waals surface area contributed by atoms with Crippen molar-refractivity contribution < 1.29 is 23.8 Å². The molecule has 2 aromatic rings. The SMILES string of the molecule is COc1ccc(NCC2CCC(=O)N2CCSc2nc(C(=O)O)cs2)cc1F. The van der Waals surface area contributed by atoms with Crippen LogP contribution in [0.2, 0.25) is 0 Å². The average Bonchev–Trinajstić information content (AvgIpc) is 3.28. The number of aromatic carboxylic acids is 1. The summed E-state index contributed by atoms with van der Waals surface area (Å²) in [6.07, 6.45) is 1.24. The minimum absolute atomic E-state index is 0.0316. The highest BCUT2D eigenvalue weighted by Crippen LogP contribution is 2.26. The van der Waals surface area contributed by atoms with Gasteiger partial charge in [0.05, 0.1) is 7.11 Å². The summed E-state index contributed by atoms with van der Waals surface area (Å²) in [4.78, 5) is 28.9. The maximum atomic E-state index is 13.8. The molecule has 1 aliphatic heterocycles. The Morgan fingerprint density at radius 3 is 3.04 bits per heavy atom. The van der Waals surface area contributed by atoms with Gasteiger partial charge in [-0.05, 0) is 18.6 Å². The Balaban J connectivity index is 1.51. The molecular weight excluding hydrogens is 405 g/mol. The van der Waals surface area contributed by atoms with Crippen LogP contribution in [0.15, 0.2) is 27.9 Å². The minimum Gasteiger partial charge on any atom is -0.494 e. The highest BCUT2D eigenvalue weighted by molar-refractivity contribution is 8.01. The van der Waals surface area contributed by atoms with Crippen molar-refractivity contribution in [1.82, 2.24) is 9.88 Å². The van der Waals surface area contributed by atoms with Crippen LogP contribution in [0.3, 0.4) is 0 Å². The predicted octanol–water partition coefficient (Wildman–Crippen LogP) is 3.18. The fourth-order valence-corrected chi connectivity index (χ4v) is 4.79. The third-order valence-corrected chi connectivity index (χ3v) is 6.41. The number of carbonyl (C=O) groups is 2. The van der Waals surface area contributed by atoms with E-state index in [1.807, 2.05) is 4.90 Å². The number of carboxylic acids is 1. The summed E-state index contributed by atoms with van der Waals surface area (Å²) in [5, 5.41) is 13.6. The molecule has 1 aliphatic rings. The minimum atomic E-state index is -1.04. The number of methoxy groups -OCH3 is 1. The van der Waals surface area contributed by atoms with Gasteiger partial charge in [0.25, 0.3) is 0 Å². The molecule has 7 nitrogen and oxygen atoms in total. The number of carbonyl (C=O) groups excluding carboxylic acids is 1. The van der Waals surface area contributed by atoms with Crippen molar-refractivity contribution >= 4 is 40.7 Å². The molecule has 2 heterocycles. The second-order valence-corrected chi connectivity index (χ2v) is 8.36. The van der Waals surface area contributed by atoms with Crippen LogP contribution in [0.5, 0.6) is 5.75 Å². The molecule has 3 rings (SSSR count). The van der Waals surface area contributed by atoms with Gasteiger partial charge in [-0.3, -0.25) is 4.79 Å². The van der Waals surface area contributed by atoms with Crippen LogP contribution in [0.4, 0.5) is 10.1 Å². The van der Waals surface area contributed by atoms with Gasteiger partial charge in [-0.1, -0.05) is 11.8 Å². The van der Waals surface area contributed by atoms with Gasteiger partial charge in [-0.15, -0.1) is 11.3 Å². The van der Waals surface area contributed by atoms with Gasteiger partial charge < -0.3 is 20.1 Å². The molecule has 10 heteroatoms. The number of thiazole rings is 1. The molecule has 150 valence electrons. The highest BCUT2D eigenvalue weighted by atomic mass is 32.2. The van der Waals surface area contributed by atoms with Gasteiger partial charge in [-0.25, -0.2) is 14.2 Å². The molecule has 1 aromatic carbocycles. The number of likely N-dealkylation sites (tertiary alicyclic amines) is 1. The molecule has 1 unspecified atom stereocenters. The van der Waals surface area contributed by atoms with Gasteiger partial charge >= 0.3 is 5.97 Å². The number of aromatic nitrogens is 1. The monoisotopic (exact) mass is 425 g/mol. The van der Waals surface area contributed by atoms with E-state index in [1.165, 1.54) is 41.7 Å². The quantitative estimate of drug-likeness (QED) is 0.596. The maximum Gasteiger partial charge on any atom is 0.355 e. The fourth-order valence-electron chi connectivity index (χ4n) is 2.98. The van der Waals surface area contributed by atoms with Crippen molar-refractivity contribution in [3.63, 3.8) is 0 Å². The van der Waals surface area contributed by atoms with Crippen molar-refractivity contribution in [1.29, 1.82) is 0 Å². The zero-order valence-electron chi connectivity index (χ0n) is 15.2. The van der Waals surface area contributed by atoms with E-state index in [-0.39, 0.29) is 23.4 Å². The van der Waals surface area contributed by atoms with E-state index in [4.69, 9.17) is 9.84 Å². The van der Waals surface area contributed by atoms with Crippen LogP contribution < -0.4 is 10.1 Å². The van der Waals surface area contributed by atoms with Crippen LogP contribution in [0, 0.1) is 5.82 Å². The van der Waals surface area contributed by atoms with Gasteiger partial charge in [0.1, 0.15) is 0 Å². The van der Waals surface area contributed by atoms with E-state index in [2.05, 4.69) is 10.3 Å². The Morgan fingerprint density at radius 2 is 2.36 bits per heavy atom. The number of benzene rings is 1. The number of thioether (sulfide) groups is 1. The summed E-state index contributed by atoms with van der Waals surface area (Å²) >= 11 is 2.72. The molecule has 0 radical (unpaired) electrons. The Bertz CT molecular complexity index is 861. The number of carboxylic acid groups (broad SMARTS) is 1. The highest BCUT2D eigenvalue weighted by Gasteiger charge is 2.30. The zero-order chi connectivity index (χ0) is 20.1. The number of rotatable bonds is 9. The van der Waals surface area contributed by atoms with Gasteiger partial charge in [0.2, 0.25) is 5.91 Å². The summed E-state index contributed by atoms with van der Waals surface area (Å²) in [6, 6.07) is 4.70. The molecule has 1 amide bonds. The third kappa shape index (κ3) is 4.93. The molecule has 1 aromatic heterocycles. The Labute approximate surface area is 169 Å². The van der Waals surface area contributed by atoms with Crippen LogP contribution in [0.1, 0.15) is 23.3 Å². The van der Waals surface area contributed by atoms with Gasteiger partial charge in [0, 0.05) is 48.4 Å².